The highest BCUT2D eigenvalue weighted by Crippen LogP contribution is 2.33. The number of carbonyl (C=O) groups is 2. The molecule has 0 spiro atoms. The molecule has 0 atom stereocenters. The zero-order valence-electron chi connectivity index (χ0n) is 17.1. The van der Waals surface area contributed by atoms with E-state index in [1.807, 2.05) is 0 Å². The lowest BCUT2D eigenvalue weighted by atomic mass is 10.1. The molecule has 0 unspecified atom stereocenters. The SMILES string of the molecule is CCOC(=O)N1CCC(NC(=O)c2cc3nc(-c4cccs4)cc(C(F)(F)F)n3n2)CC1. The van der Waals surface area contributed by atoms with Gasteiger partial charge in [-0.1, -0.05) is 6.07 Å². The van der Waals surface area contributed by atoms with Crippen molar-refractivity contribution < 1.29 is 27.5 Å². The summed E-state index contributed by atoms with van der Waals surface area (Å²) in [6, 6.07) is 5.35. The third-order valence-corrected chi connectivity index (χ3v) is 5.97. The van der Waals surface area contributed by atoms with E-state index in [1.165, 1.54) is 17.4 Å². The van der Waals surface area contributed by atoms with E-state index in [9.17, 15) is 22.8 Å². The smallest absolute Gasteiger partial charge is 0.433 e. The normalized spacial score (nSPS) is 15.2. The van der Waals surface area contributed by atoms with E-state index < -0.39 is 23.9 Å². The van der Waals surface area contributed by atoms with Crippen LogP contribution in [0.3, 0.4) is 0 Å². The molecule has 12 heteroatoms. The predicted molar refractivity (Wildman–Crippen MR) is 110 cm³/mol. The van der Waals surface area contributed by atoms with Crippen molar-refractivity contribution in [2.75, 3.05) is 19.7 Å². The molecule has 0 bridgehead atoms. The fourth-order valence-corrected chi connectivity index (χ4v) is 4.20. The van der Waals surface area contributed by atoms with Gasteiger partial charge in [-0.15, -0.1) is 11.3 Å². The number of piperidine rings is 1. The number of carbonyl (C=O) groups excluding carboxylic acids is 2. The van der Waals surface area contributed by atoms with Crippen LogP contribution in [-0.4, -0.2) is 57.2 Å². The van der Waals surface area contributed by atoms with Crippen molar-refractivity contribution in [2.24, 2.45) is 0 Å². The summed E-state index contributed by atoms with van der Waals surface area (Å²) in [5, 5.41) is 8.41. The molecule has 4 heterocycles. The summed E-state index contributed by atoms with van der Waals surface area (Å²) in [6.45, 7) is 2.84. The number of rotatable bonds is 4. The Balaban J connectivity index is 1.53. The molecule has 3 aromatic rings. The van der Waals surface area contributed by atoms with Gasteiger partial charge in [-0.25, -0.2) is 14.3 Å². The molecule has 1 saturated heterocycles. The summed E-state index contributed by atoms with van der Waals surface area (Å²) < 4.78 is 46.6. The minimum Gasteiger partial charge on any atom is -0.450 e. The van der Waals surface area contributed by atoms with E-state index in [2.05, 4.69) is 15.4 Å². The topological polar surface area (TPSA) is 88.8 Å². The van der Waals surface area contributed by atoms with Crippen LogP contribution in [0.4, 0.5) is 18.0 Å². The highest BCUT2D eigenvalue weighted by Gasteiger charge is 2.36. The van der Waals surface area contributed by atoms with Gasteiger partial charge in [-0.2, -0.15) is 18.3 Å². The molecule has 1 fully saturated rings. The molecule has 4 rings (SSSR count). The number of amides is 2. The molecule has 0 aromatic carbocycles. The van der Waals surface area contributed by atoms with Gasteiger partial charge in [0.25, 0.3) is 5.91 Å². The maximum Gasteiger partial charge on any atom is 0.433 e. The summed E-state index contributed by atoms with van der Waals surface area (Å²) in [7, 11) is 0. The standard InChI is InChI=1S/C20H20F3N5O3S/c1-2-31-19(30)27-7-5-12(6-8-27)24-18(29)14-11-17-25-13(15-4-3-9-32-15)10-16(20(21,22)23)28(17)26-14/h3-4,9-12H,2,5-8H2,1H3,(H,24,29). The summed E-state index contributed by atoms with van der Waals surface area (Å²) in [5.74, 6) is -0.587. The Morgan fingerprint density at radius 1 is 1.28 bits per heavy atom. The van der Waals surface area contributed by atoms with Crippen molar-refractivity contribution >= 4 is 29.0 Å². The van der Waals surface area contributed by atoms with Gasteiger partial charge in [-0.3, -0.25) is 4.79 Å². The molecule has 170 valence electrons. The Kier molecular flexibility index (Phi) is 6.04. The lowest BCUT2D eigenvalue weighted by molar-refractivity contribution is -0.142. The van der Waals surface area contributed by atoms with Gasteiger partial charge in [0.2, 0.25) is 0 Å². The molecule has 0 radical (unpaired) electrons. The fourth-order valence-electron chi connectivity index (χ4n) is 3.52. The lowest BCUT2D eigenvalue weighted by Crippen LogP contribution is -2.46. The average molecular weight is 467 g/mol. The van der Waals surface area contributed by atoms with Crippen LogP contribution in [0.25, 0.3) is 16.2 Å². The molecule has 0 saturated carbocycles. The van der Waals surface area contributed by atoms with E-state index in [0.717, 1.165) is 6.07 Å². The second-order valence-corrected chi connectivity index (χ2v) is 8.18. The number of hydrogen-bond donors (Lipinski definition) is 1. The molecule has 0 aliphatic carbocycles. The van der Waals surface area contributed by atoms with E-state index in [0.29, 0.717) is 35.3 Å². The molecule has 1 aliphatic rings. The molecule has 32 heavy (non-hydrogen) atoms. The summed E-state index contributed by atoms with van der Waals surface area (Å²) in [6.07, 6.45) is -4.06. The largest absolute Gasteiger partial charge is 0.450 e. The van der Waals surface area contributed by atoms with Crippen molar-refractivity contribution in [1.29, 1.82) is 0 Å². The number of nitrogens with zero attached hydrogens (tertiary/aromatic N) is 4. The van der Waals surface area contributed by atoms with Crippen LogP contribution >= 0.6 is 11.3 Å². The third-order valence-electron chi connectivity index (χ3n) is 5.08. The maximum atomic E-state index is 13.7. The Bertz CT molecular complexity index is 1120. The summed E-state index contributed by atoms with van der Waals surface area (Å²) in [5.41, 5.74) is -1.06. The van der Waals surface area contributed by atoms with Gasteiger partial charge in [-0.05, 0) is 37.3 Å². The Morgan fingerprint density at radius 3 is 2.66 bits per heavy atom. The average Bonchev–Trinajstić information content (AvgIpc) is 3.43. The first kappa shape index (κ1) is 22.1. The van der Waals surface area contributed by atoms with Crippen LogP contribution in [0.5, 0.6) is 0 Å². The molecular formula is C20H20F3N5O3S. The lowest BCUT2D eigenvalue weighted by Gasteiger charge is -2.31. The second-order valence-electron chi connectivity index (χ2n) is 7.23. The van der Waals surface area contributed by atoms with Crippen LogP contribution in [0.15, 0.2) is 29.6 Å². The number of likely N-dealkylation sites (tertiary alicyclic amines) is 1. The number of halogens is 3. The first-order valence-corrected chi connectivity index (χ1v) is 10.9. The highest BCUT2D eigenvalue weighted by molar-refractivity contribution is 7.13. The van der Waals surface area contributed by atoms with Crippen molar-refractivity contribution in [3.63, 3.8) is 0 Å². The highest BCUT2D eigenvalue weighted by atomic mass is 32.1. The Labute approximate surface area is 185 Å². The van der Waals surface area contributed by atoms with Crippen LogP contribution in [0.2, 0.25) is 0 Å². The second kappa shape index (κ2) is 8.77. The van der Waals surface area contributed by atoms with E-state index in [4.69, 9.17) is 4.74 Å². The molecule has 1 aliphatic heterocycles. The van der Waals surface area contributed by atoms with Gasteiger partial charge >= 0.3 is 12.3 Å². The third kappa shape index (κ3) is 4.54. The quantitative estimate of drug-likeness (QED) is 0.630. The number of fused-ring (bicyclic) bond motifs is 1. The van der Waals surface area contributed by atoms with Gasteiger partial charge in [0.15, 0.2) is 17.0 Å². The van der Waals surface area contributed by atoms with E-state index in [1.54, 1.807) is 29.3 Å². The Hall–Kier alpha value is -3.15. The molecule has 3 aromatic heterocycles. The molecule has 2 amide bonds. The van der Waals surface area contributed by atoms with Gasteiger partial charge in [0.05, 0.1) is 17.2 Å². The van der Waals surface area contributed by atoms with Crippen LogP contribution < -0.4 is 5.32 Å². The minimum atomic E-state index is -4.67. The number of nitrogens with one attached hydrogen (secondary N) is 1. The fraction of sp³-hybridized carbons (Fsp3) is 0.400. The monoisotopic (exact) mass is 467 g/mol. The molecule has 8 nitrogen and oxygen atoms in total. The zero-order chi connectivity index (χ0) is 22.9. The number of hydrogen-bond acceptors (Lipinski definition) is 6. The van der Waals surface area contributed by atoms with Crippen molar-refractivity contribution in [3.05, 3.63) is 41.0 Å². The van der Waals surface area contributed by atoms with Crippen molar-refractivity contribution in [3.8, 4) is 10.6 Å². The summed E-state index contributed by atoms with van der Waals surface area (Å²) in [4.78, 5) is 30.9. The van der Waals surface area contributed by atoms with E-state index in [-0.39, 0.29) is 29.7 Å². The Morgan fingerprint density at radius 2 is 2.03 bits per heavy atom. The first-order chi connectivity index (χ1) is 15.3. The van der Waals surface area contributed by atoms with E-state index >= 15 is 0 Å². The number of alkyl halides is 3. The van der Waals surface area contributed by atoms with Gasteiger partial charge < -0.3 is 15.0 Å². The maximum absolute atomic E-state index is 13.7. The predicted octanol–water partition coefficient (Wildman–Crippen LogP) is 3.83. The van der Waals surface area contributed by atoms with Crippen molar-refractivity contribution in [2.45, 2.75) is 32.0 Å². The van der Waals surface area contributed by atoms with Crippen molar-refractivity contribution in [1.82, 2.24) is 24.8 Å². The number of aromatic nitrogens is 3. The molecule has 1 N–H and O–H groups in total. The first-order valence-electron chi connectivity index (χ1n) is 10.0. The van der Waals surface area contributed by atoms with Crippen LogP contribution in [0, 0.1) is 0 Å². The van der Waals surface area contributed by atoms with Crippen LogP contribution in [-0.2, 0) is 10.9 Å². The number of ether oxygens (including phenoxy) is 1. The van der Waals surface area contributed by atoms with Crippen LogP contribution in [0.1, 0.15) is 35.9 Å². The van der Waals surface area contributed by atoms with Gasteiger partial charge in [0, 0.05) is 25.2 Å². The minimum absolute atomic E-state index is 0.0643. The number of thiophene rings is 1. The zero-order valence-corrected chi connectivity index (χ0v) is 17.9. The summed E-state index contributed by atoms with van der Waals surface area (Å²) >= 11 is 1.27. The molecular weight excluding hydrogens is 447 g/mol. The van der Waals surface area contributed by atoms with Gasteiger partial charge in [0.1, 0.15) is 0 Å².